The highest BCUT2D eigenvalue weighted by Gasteiger charge is 2.07. The highest BCUT2D eigenvalue weighted by atomic mass is 32.1. The number of aromatic hydroxyl groups is 1. The highest BCUT2D eigenvalue weighted by molar-refractivity contribution is 7.80. The maximum atomic E-state index is 10.4. The van der Waals surface area contributed by atoms with E-state index in [2.05, 4.69) is 12.6 Å². The minimum atomic E-state index is -0.503. The molecular weight excluding hydrogens is 202 g/mol. The zero-order chi connectivity index (χ0) is 10.6. The maximum absolute atomic E-state index is 10.4. The first-order valence-corrected chi connectivity index (χ1v) is 4.53. The van der Waals surface area contributed by atoms with Crippen LogP contribution in [-0.2, 0) is 0 Å². The number of thiol groups is 1. The number of benzene rings is 1. The van der Waals surface area contributed by atoms with E-state index in [4.69, 9.17) is 0 Å². The summed E-state index contributed by atoms with van der Waals surface area (Å²) in [6.07, 6.45) is 3.29. The van der Waals surface area contributed by atoms with Crippen molar-refractivity contribution in [2.75, 3.05) is 5.75 Å². The molecule has 0 aliphatic carbocycles. The number of nitro benzene ring substituents is 1. The van der Waals surface area contributed by atoms with Crippen LogP contribution in [0.1, 0.15) is 5.56 Å². The third-order valence-corrected chi connectivity index (χ3v) is 1.84. The molecule has 0 atom stereocenters. The molecule has 0 aromatic heterocycles. The van der Waals surface area contributed by atoms with Crippen LogP contribution >= 0.6 is 12.6 Å². The molecule has 1 N–H and O–H groups in total. The molecule has 0 saturated heterocycles. The lowest BCUT2D eigenvalue weighted by Crippen LogP contribution is -1.88. The van der Waals surface area contributed by atoms with Crippen molar-refractivity contribution < 1.29 is 10.0 Å². The predicted molar refractivity (Wildman–Crippen MR) is 57.6 cm³/mol. The summed E-state index contributed by atoms with van der Waals surface area (Å²) in [5, 5.41) is 19.8. The van der Waals surface area contributed by atoms with Crippen LogP contribution < -0.4 is 0 Å². The Morgan fingerprint density at radius 1 is 1.57 bits per heavy atom. The predicted octanol–water partition coefficient (Wildman–Crippen LogP) is 2.24. The summed E-state index contributed by atoms with van der Waals surface area (Å²) >= 11 is 3.95. The molecule has 0 heterocycles. The molecule has 74 valence electrons. The average Bonchev–Trinajstić information content (AvgIpc) is 2.16. The van der Waals surface area contributed by atoms with Gasteiger partial charge in [-0.3, -0.25) is 10.1 Å². The van der Waals surface area contributed by atoms with Gasteiger partial charge in [-0.25, -0.2) is 0 Å². The molecule has 0 radical (unpaired) electrons. The van der Waals surface area contributed by atoms with Crippen molar-refractivity contribution in [1.82, 2.24) is 0 Å². The Morgan fingerprint density at radius 3 is 2.86 bits per heavy atom. The van der Waals surface area contributed by atoms with Crippen molar-refractivity contribution in [3.8, 4) is 5.75 Å². The summed E-state index contributed by atoms with van der Waals surface area (Å²) in [6.45, 7) is 0. The number of phenolic OH excluding ortho intramolecular Hbond substituents is 1. The van der Waals surface area contributed by atoms with Gasteiger partial charge in [0.2, 0.25) is 0 Å². The summed E-state index contributed by atoms with van der Waals surface area (Å²) in [5.74, 6) is 0.538. The first-order chi connectivity index (χ1) is 6.65. The van der Waals surface area contributed by atoms with Crippen LogP contribution in [0.25, 0.3) is 6.08 Å². The van der Waals surface area contributed by atoms with Gasteiger partial charge in [-0.2, -0.15) is 12.6 Å². The fraction of sp³-hybridized carbons (Fsp3) is 0.111. The van der Waals surface area contributed by atoms with Gasteiger partial charge in [-0.1, -0.05) is 12.2 Å². The number of hydrogen-bond donors (Lipinski definition) is 2. The van der Waals surface area contributed by atoms with Crippen LogP contribution in [0.5, 0.6) is 5.75 Å². The van der Waals surface area contributed by atoms with Crippen molar-refractivity contribution in [3.05, 3.63) is 40.0 Å². The third-order valence-electron chi connectivity index (χ3n) is 1.62. The molecule has 1 rings (SSSR count). The summed E-state index contributed by atoms with van der Waals surface area (Å²) in [4.78, 5) is 9.92. The second-order valence-corrected chi connectivity index (χ2v) is 2.95. The van der Waals surface area contributed by atoms with Crippen LogP contribution in [-0.4, -0.2) is 15.8 Å². The molecule has 14 heavy (non-hydrogen) atoms. The van der Waals surface area contributed by atoms with Crippen molar-refractivity contribution in [3.63, 3.8) is 0 Å². The average molecular weight is 211 g/mol. The number of nitro groups is 1. The van der Waals surface area contributed by atoms with Gasteiger partial charge in [-0.05, 0) is 6.07 Å². The van der Waals surface area contributed by atoms with Crippen molar-refractivity contribution >= 4 is 24.4 Å². The molecule has 1 aromatic carbocycles. The minimum Gasteiger partial charge on any atom is -0.507 e. The summed E-state index contributed by atoms with van der Waals surface area (Å²) in [7, 11) is 0. The Labute approximate surface area is 86.4 Å². The van der Waals surface area contributed by atoms with Crippen LogP contribution in [0, 0.1) is 10.1 Å². The Hall–Kier alpha value is -1.49. The molecule has 0 fully saturated rings. The van der Waals surface area contributed by atoms with Crippen molar-refractivity contribution in [2.24, 2.45) is 0 Å². The number of rotatable bonds is 3. The first-order valence-electron chi connectivity index (χ1n) is 3.90. The van der Waals surface area contributed by atoms with E-state index >= 15 is 0 Å². The van der Waals surface area contributed by atoms with E-state index in [0.717, 1.165) is 0 Å². The van der Waals surface area contributed by atoms with Gasteiger partial charge in [0.1, 0.15) is 5.75 Å². The molecule has 4 nitrogen and oxygen atoms in total. The second-order valence-electron chi connectivity index (χ2n) is 2.59. The van der Waals surface area contributed by atoms with Gasteiger partial charge in [0.05, 0.1) is 4.92 Å². The van der Waals surface area contributed by atoms with Gasteiger partial charge in [0, 0.05) is 23.4 Å². The molecule has 5 heteroatoms. The van der Waals surface area contributed by atoms with E-state index in [1.54, 1.807) is 12.2 Å². The molecule has 0 spiro atoms. The van der Waals surface area contributed by atoms with Gasteiger partial charge < -0.3 is 5.11 Å². The number of phenols is 1. The van der Waals surface area contributed by atoms with Crippen LogP contribution in [0.3, 0.4) is 0 Å². The van der Waals surface area contributed by atoms with E-state index in [0.29, 0.717) is 11.3 Å². The number of hydrogen-bond acceptors (Lipinski definition) is 4. The van der Waals surface area contributed by atoms with Gasteiger partial charge in [0.25, 0.3) is 5.69 Å². The lowest BCUT2D eigenvalue weighted by molar-refractivity contribution is -0.384. The smallest absolute Gasteiger partial charge is 0.270 e. The summed E-state index contributed by atoms with van der Waals surface area (Å²) in [5.41, 5.74) is 0.384. The molecule has 1 aromatic rings. The molecule has 0 aliphatic heterocycles. The fourth-order valence-corrected chi connectivity index (χ4v) is 1.07. The van der Waals surface area contributed by atoms with Gasteiger partial charge >= 0.3 is 0 Å². The van der Waals surface area contributed by atoms with E-state index in [9.17, 15) is 15.2 Å². The topological polar surface area (TPSA) is 63.4 Å². The zero-order valence-corrected chi connectivity index (χ0v) is 8.15. The molecule has 0 amide bonds. The standard InChI is InChI=1S/C9H9NO3S/c11-9-4-3-8(10(12)13)6-7(9)2-1-5-14/h1-4,6,11,14H,5H2. The Morgan fingerprint density at radius 2 is 2.29 bits per heavy atom. The largest absolute Gasteiger partial charge is 0.507 e. The molecule has 0 saturated carbocycles. The molecule has 0 aliphatic rings. The SMILES string of the molecule is O=[N+]([O-])c1ccc(O)c(C=CCS)c1. The summed E-state index contributed by atoms with van der Waals surface area (Å²) < 4.78 is 0. The fourth-order valence-electron chi connectivity index (χ4n) is 0.969. The normalized spacial score (nSPS) is 10.6. The molecular formula is C9H9NO3S. The molecule has 0 bridgehead atoms. The summed E-state index contributed by atoms with van der Waals surface area (Å²) in [6, 6.07) is 3.87. The lowest BCUT2D eigenvalue weighted by Gasteiger charge is -1.98. The van der Waals surface area contributed by atoms with E-state index in [1.807, 2.05) is 0 Å². The number of nitrogens with zero attached hydrogens (tertiary/aromatic N) is 1. The monoisotopic (exact) mass is 211 g/mol. The van der Waals surface area contributed by atoms with Gasteiger partial charge in [0.15, 0.2) is 0 Å². The maximum Gasteiger partial charge on any atom is 0.270 e. The molecule has 0 unspecified atom stereocenters. The Balaban J connectivity index is 3.08. The zero-order valence-electron chi connectivity index (χ0n) is 7.25. The van der Waals surface area contributed by atoms with Crippen LogP contribution in [0.15, 0.2) is 24.3 Å². The van der Waals surface area contributed by atoms with Crippen molar-refractivity contribution in [2.45, 2.75) is 0 Å². The Bertz CT molecular complexity index is 376. The quantitative estimate of drug-likeness (QED) is 0.458. The Kier molecular flexibility index (Phi) is 3.53. The van der Waals surface area contributed by atoms with E-state index in [-0.39, 0.29) is 11.4 Å². The van der Waals surface area contributed by atoms with Crippen LogP contribution in [0.2, 0.25) is 0 Å². The van der Waals surface area contributed by atoms with Gasteiger partial charge in [-0.15, -0.1) is 0 Å². The van der Waals surface area contributed by atoms with Crippen LogP contribution in [0.4, 0.5) is 5.69 Å². The lowest BCUT2D eigenvalue weighted by atomic mass is 10.1. The van der Waals surface area contributed by atoms with E-state index < -0.39 is 4.92 Å². The minimum absolute atomic E-state index is 0.0219. The first kappa shape index (κ1) is 10.6. The van der Waals surface area contributed by atoms with E-state index in [1.165, 1.54) is 18.2 Å². The number of non-ortho nitro benzene ring substituents is 1. The third kappa shape index (κ3) is 2.50. The van der Waals surface area contributed by atoms with Crippen molar-refractivity contribution in [1.29, 1.82) is 0 Å². The highest BCUT2D eigenvalue weighted by Crippen LogP contribution is 2.23. The second kappa shape index (κ2) is 4.66.